The van der Waals surface area contributed by atoms with Crippen molar-refractivity contribution in [3.05, 3.63) is 88.9 Å². The molecular formula is C21H18BrN3O4S. The third kappa shape index (κ3) is 5.05. The van der Waals surface area contributed by atoms with Crippen molar-refractivity contribution < 1.29 is 18.0 Å². The largest absolute Gasteiger partial charge is 0.366 e. The quantitative estimate of drug-likeness (QED) is 0.532. The van der Waals surface area contributed by atoms with Crippen molar-refractivity contribution in [2.75, 3.05) is 16.2 Å². The van der Waals surface area contributed by atoms with Gasteiger partial charge in [-0.25, -0.2) is 8.42 Å². The van der Waals surface area contributed by atoms with Crippen molar-refractivity contribution in [2.24, 2.45) is 5.73 Å². The number of nitrogens with two attached hydrogens (primary N) is 1. The number of benzene rings is 3. The van der Waals surface area contributed by atoms with Gasteiger partial charge in [0.25, 0.3) is 10.0 Å². The molecule has 0 radical (unpaired) electrons. The molecule has 3 aromatic carbocycles. The minimum absolute atomic E-state index is 0.0755. The first-order valence-corrected chi connectivity index (χ1v) is 11.0. The molecule has 0 heterocycles. The van der Waals surface area contributed by atoms with E-state index in [1.165, 1.54) is 36.4 Å². The highest BCUT2D eigenvalue weighted by Gasteiger charge is 2.27. The van der Waals surface area contributed by atoms with Gasteiger partial charge >= 0.3 is 0 Å². The maximum Gasteiger partial charge on any atom is 0.264 e. The highest BCUT2D eigenvalue weighted by atomic mass is 79.9. The minimum atomic E-state index is -3.98. The summed E-state index contributed by atoms with van der Waals surface area (Å²) in [4.78, 5) is 23.9. The van der Waals surface area contributed by atoms with E-state index in [2.05, 4.69) is 21.2 Å². The maximum atomic E-state index is 13.2. The molecule has 0 spiro atoms. The number of amides is 2. The Labute approximate surface area is 182 Å². The van der Waals surface area contributed by atoms with Crippen molar-refractivity contribution in [1.82, 2.24) is 0 Å². The van der Waals surface area contributed by atoms with Gasteiger partial charge in [0.15, 0.2) is 0 Å². The lowest BCUT2D eigenvalue weighted by molar-refractivity contribution is -0.114. The Bertz CT molecular complexity index is 1150. The highest BCUT2D eigenvalue weighted by Crippen LogP contribution is 2.25. The summed E-state index contributed by atoms with van der Waals surface area (Å²) < 4.78 is 28.2. The van der Waals surface area contributed by atoms with Crippen LogP contribution in [0.15, 0.2) is 88.2 Å². The van der Waals surface area contributed by atoms with E-state index >= 15 is 0 Å². The number of hydrogen-bond acceptors (Lipinski definition) is 4. The predicted molar refractivity (Wildman–Crippen MR) is 119 cm³/mol. The zero-order valence-electron chi connectivity index (χ0n) is 15.7. The molecule has 0 atom stereocenters. The zero-order chi connectivity index (χ0) is 21.7. The van der Waals surface area contributed by atoms with Gasteiger partial charge in [0.2, 0.25) is 11.8 Å². The van der Waals surface area contributed by atoms with Crippen molar-refractivity contribution in [1.29, 1.82) is 0 Å². The summed E-state index contributed by atoms with van der Waals surface area (Å²) in [5, 5.41) is 2.64. The molecule has 154 valence electrons. The molecule has 0 aliphatic heterocycles. The molecule has 0 fully saturated rings. The van der Waals surface area contributed by atoms with Gasteiger partial charge in [-0.15, -0.1) is 0 Å². The van der Waals surface area contributed by atoms with Crippen LogP contribution in [0.5, 0.6) is 0 Å². The monoisotopic (exact) mass is 487 g/mol. The topological polar surface area (TPSA) is 110 Å². The van der Waals surface area contributed by atoms with Crippen LogP contribution in [0.1, 0.15) is 10.4 Å². The Morgan fingerprint density at radius 3 is 2.07 bits per heavy atom. The van der Waals surface area contributed by atoms with Crippen LogP contribution in [-0.4, -0.2) is 26.8 Å². The average molecular weight is 488 g/mol. The number of carbonyl (C=O) groups is 2. The zero-order valence-corrected chi connectivity index (χ0v) is 18.1. The van der Waals surface area contributed by atoms with E-state index in [-0.39, 0.29) is 4.90 Å². The number of anilines is 2. The molecule has 3 rings (SSSR count). The van der Waals surface area contributed by atoms with E-state index in [1.807, 2.05) is 0 Å². The van der Waals surface area contributed by atoms with E-state index in [0.29, 0.717) is 16.9 Å². The second-order valence-electron chi connectivity index (χ2n) is 6.29. The van der Waals surface area contributed by atoms with Crippen LogP contribution in [0.25, 0.3) is 0 Å². The van der Waals surface area contributed by atoms with Gasteiger partial charge in [0.05, 0.1) is 10.6 Å². The van der Waals surface area contributed by atoms with Gasteiger partial charge in [-0.2, -0.15) is 0 Å². The van der Waals surface area contributed by atoms with E-state index < -0.39 is 28.4 Å². The van der Waals surface area contributed by atoms with E-state index in [4.69, 9.17) is 5.73 Å². The number of hydrogen-bond donors (Lipinski definition) is 2. The fourth-order valence-corrected chi connectivity index (χ4v) is 4.40. The van der Waals surface area contributed by atoms with Gasteiger partial charge in [0, 0.05) is 15.7 Å². The average Bonchev–Trinajstić information content (AvgIpc) is 2.74. The number of nitrogens with one attached hydrogen (secondary N) is 1. The molecule has 3 aromatic rings. The third-order valence-electron chi connectivity index (χ3n) is 4.19. The van der Waals surface area contributed by atoms with Crippen molar-refractivity contribution >= 4 is 49.1 Å². The smallest absolute Gasteiger partial charge is 0.264 e. The lowest BCUT2D eigenvalue weighted by Gasteiger charge is -2.24. The molecule has 0 aliphatic carbocycles. The standard InChI is InChI=1S/C21H18BrN3O4S/c22-16-8-12-18(13-9-16)25(30(28,29)19-4-2-1-3-5-19)14-20(26)24-17-10-6-15(7-11-17)21(23)27/h1-13H,14H2,(H2,23,27)(H,24,26). The Morgan fingerprint density at radius 1 is 0.900 bits per heavy atom. The fourth-order valence-electron chi connectivity index (χ4n) is 2.69. The summed E-state index contributed by atoms with van der Waals surface area (Å²) in [6.45, 7) is -0.434. The Morgan fingerprint density at radius 2 is 1.50 bits per heavy atom. The van der Waals surface area contributed by atoms with Crippen LogP contribution in [0, 0.1) is 0 Å². The second kappa shape index (κ2) is 9.10. The van der Waals surface area contributed by atoms with Gasteiger partial charge in [-0.3, -0.25) is 13.9 Å². The summed E-state index contributed by atoms with van der Waals surface area (Å²) in [7, 11) is -3.98. The molecule has 7 nitrogen and oxygen atoms in total. The summed E-state index contributed by atoms with van der Waals surface area (Å²) >= 11 is 3.32. The van der Waals surface area contributed by atoms with Crippen LogP contribution in [0.4, 0.5) is 11.4 Å². The number of nitrogens with zero attached hydrogens (tertiary/aromatic N) is 1. The summed E-state index contributed by atoms with van der Waals surface area (Å²) in [6.07, 6.45) is 0. The van der Waals surface area contributed by atoms with E-state index in [0.717, 1.165) is 8.78 Å². The van der Waals surface area contributed by atoms with Gasteiger partial charge in [0.1, 0.15) is 6.54 Å². The van der Waals surface area contributed by atoms with Gasteiger partial charge < -0.3 is 11.1 Å². The molecule has 30 heavy (non-hydrogen) atoms. The van der Waals surface area contributed by atoms with Crippen LogP contribution >= 0.6 is 15.9 Å². The number of primary amides is 1. The van der Waals surface area contributed by atoms with Crippen molar-refractivity contribution in [3.63, 3.8) is 0 Å². The Hall–Kier alpha value is -3.17. The van der Waals surface area contributed by atoms with E-state index in [9.17, 15) is 18.0 Å². The lowest BCUT2D eigenvalue weighted by atomic mass is 10.2. The third-order valence-corrected chi connectivity index (χ3v) is 6.50. The number of rotatable bonds is 7. The molecule has 3 N–H and O–H groups in total. The minimum Gasteiger partial charge on any atom is -0.366 e. The molecule has 0 aliphatic rings. The van der Waals surface area contributed by atoms with Crippen molar-refractivity contribution in [3.8, 4) is 0 Å². The van der Waals surface area contributed by atoms with Crippen molar-refractivity contribution in [2.45, 2.75) is 4.90 Å². The fraction of sp³-hybridized carbons (Fsp3) is 0.0476. The molecule has 2 amide bonds. The van der Waals surface area contributed by atoms with Crippen LogP contribution in [-0.2, 0) is 14.8 Å². The molecule has 0 saturated carbocycles. The SMILES string of the molecule is NC(=O)c1ccc(NC(=O)CN(c2ccc(Br)cc2)S(=O)(=O)c2ccccc2)cc1. The summed E-state index contributed by atoms with van der Waals surface area (Å²) in [5.74, 6) is -1.12. The number of carbonyl (C=O) groups excluding carboxylic acids is 2. The molecule has 0 unspecified atom stereocenters. The molecule has 0 aromatic heterocycles. The molecular weight excluding hydrogens is 470 g/mol. The van der Waals surface area contributed by atoms with Gasteiger partial charge in [-0.1, -0.05) is 34.1 Å². The van der Waals surface area contributed by atoms with Crippen LogP contribution in [0.2, 0.25) is 0 Å². The second-order valence-corrected chi connectivity index (χ2v) is 9.07. The normalized spacial score (nSPS) is 11.0. The maximum absolute atomic E-state index is 13.2. The summed E-state index contributed by atoms with van der Waals surface area (Å²) in [5.41, 5.74) is 6.27. The first-order valence-electron chi connectivity index (χ1n) is 8.80. The van der Waals surface area contributed by atoms with Crippen LogP contribution in [0.3, 0.4) is 0 Å². The van der Waals surface area contributed by atoms with Gasteiger partial charge in [-0.05, 0) is 60.7 Å². The first kappa shape index (κ1) is 21.5. The Balaban J connectivity index is 1.88. The summed E-state index contributed by atoms with van der Waals surface area (Å²) in [6, 6.07) is 20.5. The first-order chi connectivity index (χ1) is 14.3. The molecule has 9 heteroatoms. The highest BCUT2D eigenvalue weighted by molar-refractivity contribution is 9.10. The van der Waals surface area contributed by atoms with Crippen LogP contribution < -0.4 is 15.4 Å². The molecule has 0 saturated heterocycles. The number of halogens is 1. The molecule has 0 bridgehead atoms. The Kier molecular flexibility index (Phi) is 6.53. The van der Waals surface area contributed by atoms with E-state index in [1.54, 1.807) is 42.5 Å². The lowest BCUT2D eigenvalue weighted by Crippen LogP contribution is -2.38. The number of sulfonamides is 1. The predicted octanol–water partition coefficient (Wildman–Crippen LogP) is 3.38.